The summed E-state index contributed by atoms with van der Waals surface area (Å²) in [5, 5.41) is 3.49. The van der Waals surface area contributed by atoms with Gasteiger partial charge in [0.25, 0.3) is 0 Å². The van der Waals surface area contributed by atoms with Crippen molar-refractivity contribution in [2.24, 2.45) is 5.41 Å². The van der Waals surface area contributed by atoms with Crippen LogP contribution in [0.15, 0.2) is 18.3 Å². The first-order valence-corrected chi connectivity index (χ1v) is 8.05. The molecule has 0 aliphatic carbocycles. The molecule has 1 saturated heterocycles. The Bertz CT molecular complexity index is 486. The second-order valence-corrected chi connectivity index (χ2v) is 6.78. The van der Waals surface area contributed by atoms with E-state index in [0.29, 0.717) is 18.5 Å². The van der Waals surface area contributed by atoms with Crippen LogP contribution >= 0.6 is 0 Å². The third kappa shape index (κ3) is 4.36. The number of rotatable bonds is 4. The number of pyridine rings is 1. The molecule has 5 nitrogen and oxygen atoms in total. The van der Waals surface area contributed by atoms with E-state index in [1.807, 2.05) is 44.7 Å². The standard InChI is InChI=1S/C17H27N3O2/c1-5-22-15-7-6-14(12-18-15)19-13-8-10-20(11-9-13)16(21)17(2,3)4/h6-7,12-13,19H,5,8-11H2,1-4H3. The molecular formula is C17H27N3O2. The average Bonchev–Trinajstić information content (AvgIpc) is 2.49. The predicted molar refractivity (Wildman–Crippen MR) is 88.1 cm³/mol. The van der Waals surface area contributed by atoms with E-state index >= 15 is 0 Å². The molecule has 0 unspecified atom stereocenters. The van der Waals surface area contributed by atoms with Crippen LogP contribution in [0.5, 0.6) is 5.88 Å². The number of nitrogens with zero attached hydrogens (tertiary/aromatic N) is 2. The van der Waals surface area contributed by atoms with Gasteiger partial charge in [0.1, 0.15) is 0 Å². The van der Waals surface area contributed by atoms with Gasteiger partial charge in [-0.2, -0.15) is 0 Å². The normalized spacial score (nSPS) is 16.5. The molecule has 1 aromatic rings. The van der Waals surface area contributed by atoms with Gasteiger partial charge in [-0.15, -0.1) is 0 Å². The van der Waals surface area contributed by atoms with Crippen LogP contribution in [0.4, 0.5) is 5.69 Å². The molecule has 122 valence electrons. The van der Waals surface area contributed by atoms with E-state index in [2.05, 4.69) is 10.3 Å². The Labute approximate surface area is 133 Å². The van der Waals surface area contributed by atoms with Crippen molar-refractivity contribution in [3.8, 4) is 5.88 Å². The molecule has 1 aliphatic heterocycles. The van der Waals surface area contributed by atoms with E-state index in [9.17, 15) is 4.79 Å². The molecule has 0 saturated carbocycles. The lowest BCUT2D eigenvalue weighted by Crippen LogP contribution is -2.46. The molecule has 0 atom stereocenters. The SMILES string of the molecule is CCOc1ccc(NC2CCN(C(=O)C(C)(C)C)CC2)cn1. The molecule has 2 heterocycles. The third-order valence-electron chi connectivity index (χ3n) is 3.82. The summed E-state index contributed by atoms with van der Waals surface area (Å²) in [5.74, 6) is 0.896. The van der Waals surface area contributed by atoms with Crippen LogP contribution in [0, 0.1) is 5.41 Å². The second kappa shape index (κ2) is 6.99. The molecule has 0 aromatic carbocycles. The first-order valence-electron chi connectivity index (χ1n) is 8.05. The average molecular weight is 305 g/mol. The summed E-state index contributed by atoms with van der Waals surface area (Å²) in [6.45, 7) is 10.1. The van der Waals surface area contributed by atoms with E-state index in [-0.39, 0.29) is 11.3 Å². The summed E-state index contributed by atoms with van der Waals surface area (Å²) >= 11 is 0. The van der Waals surface area contributed by atoms with Crippen molar-refractivity contribution in [1.29, 1.82) is 0 Å². The number of carbonyl (C=O) groups excluding carboxylic acids is 1. The fourth-order valence-corrected chi connectivity index (χ4v) is 2.64. The highest BCUT2D eigenvalue weighted by atomic mass is 16.5. The molecule has 1 amide bonds. The summed E-state index contributed by atoms with van der Waals surface area (Å²) in [6.07, 6.45) is 3.74. The van der Waals surface area contributed by atoms with Gasteiger partial charge in [0.05, 0.1) is 18.5 Å². The van der Waals surface area contributed by atoms with Gasteiger partial charge in [0.2, 0.25) is 11.8 Å². The highest BCUT2D eigenvalue weighted by molar-refractivity contribution is 5.81. The Morgan fingerprint density at radius 1 is 1.36 bits per heavy atom. The van der Waals surface area contributed by atoms with Gasteiger partial charge < -0.3 is 15.0 Å². The molecule has 0 radical (unpaired) electrons. The van der Waals surface area contributed by atoms with Crippen LogP contribution < -0.4 is 10.1 Å². The number of amides is 1. The van der Waals surface area contributed by atoms with Gasteiger partial charge in [0.15, 0.2) is 0 Å². The van der Waals surface area contributed by atoms with E-state index in [0.717, 1.165) is 31.6 Å². The second-order valence-electron chi connectivity index (χ2n) is 6.78. The smallest absolute Gasteiger partial charge is 0.227 e. The minimum Gasteiger partial charge on any atom is -0.478 e. The van der Waals surface area contributed by atoms with Gasteiger partial charge in [-0.3, -0.25) is 4.79 Å². The lowest BCUT2D eigenvalue weighted by molar-refractivity contribution is -0.140. The number of hydrogen-bond acceptors (Lipinski definition) is 4. The molecule has 0 spiro atoms. The summed E-state index contributed by atoms with van der Waals surface area (Å²) < 4.78 is 5.34. The Kier molecular flexibility index (Phi) is 5.27. The van der Waals surface area contributed by atoms with Gasteiger partial charge in [-0.05, 0) is 25.8 Å². The highest BCUT2D eigenvalue weighted by Crippen LogP contribution is 2.22. The zero-order chi connectivity index (χ0) is 16.2. The molecule has 5 heteroatoms. The lowest BCUT2D eigenvalue weighted by atomic mass is 9.93. The zero-order valence-corrected chi connectivity index (χ0v) is 14.1. The Morgan fingerprint density at radius 3 is 2.55 bits per heavy atom. The van der Waals surface area contributed by atoms with Crippen LogP contribution in [-0.2, 0) is 4.79 Å². The number of piperidine rings is 1. The summed E-state index contributed by atoms with van der Waals surface area (Å²) in [6, 6.07) is 4.26. The molecule has 1 aromatic heterocycles. The fraction of sp³-hybridized carbons (Fsp3) is 0.647. The molecule has 1 fully saturated rings. The Hall–Kier alpha value is -1.78. The largest absolute Gasteiger partial charge is 0.478 e. The monoisotopic (exact) mass is 305 g/mol. The van der Waals surface area contributed by atoms with Crippen molar-refractivity contribution < 1.29 is 9.53 Å². The number of carbonyl (C=O) groups is 1. The predicted octanol–water partition coefficient (Wildman–Crippen LogP) is 2.93. The maximum Gasteiger partial charge on any atom is 0.227 e. The van der Waals surface area contributed by atoms with Crippen molar-refractivity contribution in [3.05, 3.63) is 18.3 Å². The van der Waals surface area contributed by atoms with Crippen molar-refractivity contribution in [3.63, 3.8) is 0 Å². The third-order valence-corrected chi connectivity index (χ3v) is 3.82. The summed E-state index contributed by atoms with van der Waals surface area (Å²) in [7, 11) is 0. The molecule has 1 aliphatic rings. The highest BCUT2D eigenvalue weighted by Gasteiger charge is 2.30. The Balaban J connectivity index is 1.83. The van der Waals surface area contributed by atoms with Crippen LogP contribution in [0.25, 0.3) is 0 Å². The topological polar surface area (TPSA) is 54.5 Å². The molecule has 0 bridgehead atoms. The first-order chi connectivity index (χ1) is 10.4. The minimum atomic E-state index is -0.292. The van der Waals surface area contributed by atoms with E-state index < -0.39 is 0 Å². The molecular weight excluding hydrogens is 278 g/mol. The molecule has 1 N–H and O–H groups in total. The van der Waals surface area contributed by atoms with Crippen LogP contribution in [0.3, 0.4) is 0 Å². The van der Waals surface area contributed by atoms with Gasteiger partial charge in [-0.25, -0.2) is 4.98 Å². The summed E-state index contributed by atoms with van der Waals surface area (Å²) in [4.78, 5) is 18.5. The fourth-order valence-electron chi connectivity index (χ4n) is 2.64. The maximum absolute atomic E-state index is 12.3. The Morgan fingerprint density at radius 2 is 2.05 bits per heavy atom. The zero-order valence-electron chi connectivity index (χ0n) is 14.1. The lowest BCUT2D eigenvalue weighted by Gasteiger charge is -2.36. The van der Waals surface area contributed by atoms with Gasteiger partial charge in [-0.1, -0.05) is 20.8 Å². The van der Waals surface area contributed by atoms with Gasteiger partial charge in [0, 0.05) is 30.6 Å². The number of ether oxygens (including phenoxy) is 1. The van der Waals surface area contributed by atoms with Crippen LogP contribution in [0.1, 0.15) is 40.5 Å². The van der Waals surface area contributed by atoms with Crippen molar-refractivity contribution in [2.45, 2.75) is 46.6 Å². The first kappa shape index (κ1) is 16.6. The van der Waals surface area contributed by atoms with Crippen LogP contribution in [-0.4, -0.2) is 41.5 Å². The van der Waals surface area contributed by atoms with E-state index in [1.54, 1.807) is 6.20 Å². The maximum atomic E-state index is 12.3. The van der Waals surface area contributed by atoms with Crippen molar-refractivity contribution in [2.75, 3.05) is 25.0 Å². The quantitative estimate of drug-likeness (QED) is 0.929. The molecule has 22 heavy (non-hydrogen) atoms. The number of anilines is 1. The number of likely N-dealkylation sites (tertiary alicyclic amines) is 1. The summed E-state index contributed by atoms with van der Waals surface area (Å²) in [5.41, 5.74) is 0.711. The van der Waals surface area contributed by atoms with E-state index in [4.69, 9.17) is 4.74 Å². The number of hydrogen-bond donors (Lipinski definition) is 1. The van der Waals surface area contributed by atoms with Crippen molar-refractivity contribution >= 4 is 11.6 Å². The van der Waals surface area contributed by atoms with Gasteiger partial charge >= 0.3 is 0 Å². The van der Waals surface area contributed by atoms with E-state index in [1.165, 1.54) is 0 Å². The minimum absolute atomic E-state index is 0.244. The van der Waals surface area contributed by atoms with Crippen LogP contribution in [0.2, 0.25) is 0 Å². The number of aromatic nitrogens is 1. The molecule has 2 rings (SSSR count). The number of nitrogens with one attached hydrogen (secondary N) is 1. The van der Waals surface area contributed by atoms with Crippen molar-refractivity contribution in [1.82, 2.24) is 9.88 Å².